The Labute approximate surface area is 141 Å². The van der Waals surface area contributed by atoms with E-state index in [0.717, 1.165) is 6.07 Å². The van der Waals surface area contributed by atoms with Gasteiger partial charge in [0.1, 0.15) is 10.7 Å². The normalized spacial score (nSPS) is 14.1. The highest BCUT2D eigenvalue weighted by Gasteiger charge is 2.36. The van der Waals surface area contributed by atoms with Gasteiger partial charge in [-0.1, -0.05) is 23.4 Å². The zero-order valence-electron chi connectivity index (χ0n) is 12.9. The average molecular weight is 367 g/mol. The van der Waals surface area contributed by atoms with Crippen LogP contribution in [0.15, 0.2) is 68.6 Å². The minimum absolute atomic E-state index is 0.0563. The fraction of sp³-hybridized carbons (Fsp3) is 0.125. The van der Waals surface area contributed by atoms with E-state index < -0.39 is 21.7 Å². The number of hydrogen-bond acceptors (Lipinski definition) is 5. The summed E-state index contributed by atoms with van der Waals surface area (Å²) in [7, 11) is -2.73. The van der Waals surface area contributed by atoms with Gasteiger partial charge in [-0.05, 0) is 24.3 Å². The molecule has 0 saturated carbocycles. The van der Waals surface area contributed by atoms with Crippen LogP contribution in [0.5, 0.6) is 0 Å². The van der Waals surface area contributed by atoms with Crippen LogP contribution in [0.3, 0.4) is 0 Å². The molecule has 0 saturated heterocycles. The van der Waals surface area contributed by atoms with Gasteiger partial charge in [0.25, 0.3) is 0 Å². The van der Waals surface area contributed by atoms with E-state index in [4.69, 9.17) is 0 Å². The molecule has 3 rings (SSSR count). The van der Waals surface area contributed by atoms with Gasteiger partial charge in [0.05, 0.1) is 15.4 Å². The summed E-state index contributed by atoms with van der Waals surface area (Å²) in [4.78, 5) is 4.04. The molecule has 0 amide bonds. The second-order valence-electron chi connectivity index (χ2n) is 5.18. The number of hydrogen-bond donors (Lipinski definition) is 0. The molecule has 3 aromatic rings. The van der Waals surface area contributed by atoms with Crippen molar-refractivity contribution in [1.82, 2.24) is 10.1 Å². The number of rotatable bonds is 3. The molecule has 9 heteroatoms. The van der Waals surface area contributed by atoms with Crippen molar-refractivity contribution in [1.29, 1.82) is 0 Å². The SMILES string of the molecule is CS(=O)(=Nc1ccc(-c2cc(C(F)(F)F)on2)cc1)c1ccccn1. The minimum atomic E-state index is -4.59. The van der Waals surface area contributed by atoms with Crippen molar-refractivity contribution in [2.75, 3.05) is 6.26 Å². The van der Waals surface area contributed by atoms with E-state index in [1.165, 1.54) is 24.6 Å². The summed E-state index contributed by atoms with van der Waals surface area (Å²) in [6, 6.07) is 12.0. The lowest BCUT2D eigenvalue weighted by Gasteiger charge is -2.03. The van der Waals surface area contributed by atoms with Gasteiger partial charge in [-0.15, -0.1) is 0 Å². The second kappa shape index (κ2) is 6.32. The smallest absolute Gasteiger partial charge is 0.351 e. The average Bonchev–Trinajstić information content (AvgIpc) is 3.06. The highest BCUT2D eigenvalue weighted by Crippen LogP contribution is 2.32. The van der Waals surface area contributed by atoms with Crippen molar-refractivity contribution in [3.05, 3.63) is 60.5 Å². The molecule has 0 aliphatic rings. The Kier molecular flexibility index (Phi) is 4.34. The summed E-state index contributed by atoms with van der Waals surface area (Å²) in [6.07, 6.45) is -1.59. The molecule has 1 unspecified atom stereocenters. The molecule has 130 valence electrons. The monoisotopic (exact) mass is 367 g/mol. The number of pyridine rings is 1. The molecule has 0 N–H and O–H groups in total. The quantitative estimate of drug-likeness (QED) is 0.681. The van der Waals surface area contributed by atoms with Gasteiger partial charge in [0, 0.05) is 24.1 Å². The van der Waals surface area contributed by atoms with Gasteiger partial charge in [0.15, 0.2) is 0 Å². The Hall–Kier alpha value is -2.68. The Morgan fingerprint density at radius 1 is 1.12 bits per heavy atom. The molecular weight excluding hydrogens is 355 g/mol. The predicted molar refractivity (Wildman–Crippen MR) is 85.6 cm³/mol. The highest BCUT2D eigenvalue weighted by molar-refractivity contribution is 7.93. The minimum Gasteiger partial charge on any atom is -0.351 e. The lowest BCUT2D eigenvalue weighted by Crippen LogP contribution is -2.02. The maximum Gasteiger partial charge on any atom is 0.452 e. The molecule has 1 aromatic carbocycles. The summed E-state index contributed by atoms with van der Waals surface area (Å²) < 4.78 is 58.7. The molecule has 0 spiro atoms. The van der Waals surface area contributed by atoms with Crippen molar-refractivity contribution in [2.24, 2.45) is 4.36 Å². The summed E-state index contributed by atoms with van der Waals surface area (Å²) in [5.41, 5.74) is 0.904. The lowest BCUT2D eigenvalue weighted by molar-refractivity contribution is -0.155. The number of aromatic nitrogens is 2. The molecular formula is C16H12F3N3O2S. The number of alkyl halides is 3. The van der Waals surface area contributed by atoms with Crippen LogP contribution in [0.1, 0.15) is 5.76 Å². The van der Waals surface area contributed by atoms with Crippen molar-refractivity contribution < 1.29 is 21.9 Å². The van der Waals surface area contributed by atoms with E-state index >= 15 is 0 Å². The molecule has 0 fully saturated rings. The van der Waals surface area contributed by atoms with Gasteiger partial charge in [0.2, 0.25) is 5.76 Å². The zero-order chi connectivity index (χ0) is 18.1. The highest BCUT2D eigenvalue weighted by atomic mass is 32.2. The van der Waals surface area contributed by atoms with E-state index in [1.807, 2.05) is 0 Å². The largest absolute Gasteiger partial charge is 0.452 e. The van der Waals surface area contributed by atoms with E-state index in [2.05, 4.69) is 19.0 Å². The van der Waals surface area contributed by atoms with E-state index in [1.54, 1.807) is 30.3 Å². The standard InChI is InChI=1S/C16H12F3N3O2S/c1-25(23,15-4-2-3-9-20-15)22-12-7-5-11(6-8-12)13-10-14(24-21-13)16(17,18)19/h2-10H,1H3. The summed E-state index contributed by atoms with van der Waals surface area (Å²) in [5.74, 6) is -1.16. The van der Waals surface area contributed by atoms with Crippen LogP contribution in [-0.2, 0) is 15.9 Å². The van der Waals surface area contributed by atoms with E-state index in [9.17, 15) is 17.4 Å². The Bertz CT molecular complexity index is 989. The van der Waals surface area contributed by atoms with Gasteiger partial charge >= 0.3 is 6.18 Å². The van der Waals surface area contributed by atoms with Gasteiger partial charge in [-0.25, -0.2) is 9.19 Å². The van der Waals surface area contributed by atoms with Crippen molar-refractivity contribution >= 4 is 15.4 Å². The van der Waals surface area contributed by atoms with Crippen LogP contribution in [0.25, 0.3) is 11.3 Å². The summed E-state index contributed by atoms with van der Waals surface area (Å²) >= 11 is 0. The van der Waals surface area contributed by atoms with E-state index in [-0.39, 0.29) is 5.69 Å². The van der Waals surface area contributed by atoms with Crippen LogP contribution in [0, 0.1) is 0 Å². The van der Waals surface area contributed by atoms with Crippen LogP contribution in [0.4, 0.5) is 18.9 Å². The second-order valence-corrected chi connectivity index (χ2v) is 7.39. The number of nitrogens with zero attached hydrogens (tertiary/aromatic N) is 3. The fourth-order valence-corrected chi connectivity index (χ4v) is 3.26. The van der Waals surface area contributed by atoms with Crippen LogP contribution < -0.4 is 0 Å². The number of benzene rings is 1. The van der Waals surface area contributed by atoms with Crippen molar-refractivity contribution in [3.63, 3.8) is 0 Å². The predicted octanol–water partition coefficient (Wildman–Crippen LogP) is 4.54. The third-order valence-corrected chi connectivity index (χ3v) is 4.83. The third kappa shape index (κ3) is 3.87. The third-order valence-electron chi connectivity index (χ3n) is 3.26. The summed E-state index contributed by atoms with van der Waals surface area (Å²) in [6.45, 7) is 0. The molecule has 0 aliphatic carbocycles. The van der Waals surface area contributed by atoms with Gasteiger partial charge in [-0.2, -0.15) is 17.5 Å². The van der Waals surface area contributed by atoms with Crippen molar-refractivity contribution in [2.45, 2.75) is 11.2 Å². The van der Waals surface area contributed by atoms with Crippen molar-refractivity contribution in [3.8, 4) is 11.3 Å². The van der Waals surface area contributed by atoms with Crippen LogP contribution >= 0.6 is 0 Å². The molecule has 0 aliphatic heterocycles. The molecule has 1 atom stereocenters. The molecule has 5 nitrogen and oxygen atoms in total. The first-order chi connectivity index (χ1) is 11.8. The van der Waals surface area contributed by atoms with E-state index in [0.29, 0.717) is 16.3 Å². The topological polar surface area (TPSA) is 68.3 Å². The summed E-state index contributed by atoms with van der Waals surface area (Å²) in [5, 5.41) is 3.76. The Balaban J connectivity index is 1.89. The van der Waals surface area contributed by atoms with Crippen LogP contribution in [-0.4, -0.2) is 20.6 Å². The first kappa shape index (κ1) is 17.2. The first-order valence-corrected chi connectivity index (χ1v) is 8.95. The maximum atomic E-state index is 12.6. The molecule has 2 aromatic heterocycles. The maximum absolute atomic E-state index is 12.6. The number of halogens is 3. The Morgan fingerprint density at radius 2 is 1.84 bits per heavy atom. The molecule has 25 heavy (non-hydrogen) atoms. The van der Waals surface area contributed by atoms with Crippen LogP contribution in [0.2, 0.25) is 0 Å². The molecule has 0 radical (unpaired) electrons. The fourth-order valence-electron chi connectivity index (χ4n) is 2.06. The molecule has 2 heterocycles. The van der Waals surface area contributed by atoms with Gasteiger partial charge in [-0.3, -0.25) is 0 Å². The van der Waals surface area contributed by atoms with Gasteiger partial charge < -0.3 is 4.52 Å². The Morgan fingerprint density at radius 3 is 2.40 bits per heavy atom. The molecule has 0 bridgehead atoms. The zero-order valence-corrected chi connectivity index (χ0v) is 13.7. The first-order valence-electron chi connectivity index (χ1n) is 7.03. The lowest BCUT2D eigenvalue weighted by atomic mass is 10.1.